The second kappa shape index (κ2) is 9.73. The van der Waals surface area contributed by atoms with Crippen molar-refractivity contribution < 1.29 is 26.1 Å². The average Bonchev–Trinajstić information content (AvgIpc) is 3.06. The number of alkyl halides is 3. The molecule has 0 unspecified atom stereocenters. The van der Waals surface area contributed by atoms with E-state index in [1.807, 2.05) is 6.92 Å². The molecule has 0 atom stereocenters. The number of aromatic nitrogens is 1. The highest BCUT2D eigenvalue weighted by atomic mass is 127. The maximum Gasteiger partial charge on any atom is 0.511 e. The summed E-state index contributed by atoms with van der Waals surface area (Å²) in [6.07, 6.45) is 1.94. The van der Waals surface area contributed by atoms with Crippen LogP contribution in [0.15, 0.2) is 21.8 Å². The first kappa shape index (κ1) is 23.0. The fourth-order valence-electron chi connectivity index (χ4n) is 2.38. The van der Waals surface area contributed by atoms with Crippen molar-refractivity contribution >= 4 is 40.0 Å². The molecule has 2 heterocycles. The molecular formula is C13H21F3IN5O3S. The number of hydrogen-bond acceptors (Lipinski definition) is 5. The molecule has 1 aromatic heterocycles. The van der Waals surface area contributed by atoms with Gasteiger partial charge in [-0.15, -0.1) is 24.0 Å². The molecule has 8 nitrogen and oxygen atoms in total. The minimum absolute atomic E-state index is 0. The van der Waals surface area contributed by atoms with Crippen LogP contribution in [-0.4, -0.2) is 55.0 Å². The molecule has 26 heavy (non-hydrogen) atoms. The number of sulfonamides is 1. The van der Waals surface area contributed by atoms with Gasteiger partial charge in [0.25, 0.3) is 0 Å². The number of nitrogens with zero attached hydrogens (tertiary/aromatic N) is 3. The molecule has 1 aliphatic rings. The van der Waals surface area contributed by atoms with E-state index in [1.165, 1.54) is 6.26 Å². The lowest BCUT2D eigenvalue weighted by Crippen LogP contribution is -2.51. The molecule has 150 valence electrons. The van der Waals surface area contributed by atoms with E-state index in [9.17, 15) is 21.6 Å². The zero-order valence-corrected chi connectivity index (χ0v) is 17.1. The minimum Gasteiger partial charge on any atom is -0.364 e. The predicted molar refractivity (Wildman–Crippen MR) is 99.4 cm³/mol. The molecule has 1 aromatic rings. The van der Waals surface area contributed by atoms with E-state index in [1.54, 1.807) is 6.07 Å². The first-order chi connectivity index (χ1) is 11.7. The number of rotatable bonds is 5. The van der Waals surface area contributed by atoms with E-state index in [0.717, 1.165) is 0 Å². The number of halogens is 4. The van der Waals surface area contributed by atoms with Gasteiger partial charge in [0.05, 0.1) is 6.54 Å². The largest absolute Gasteiger partial charge is 0.511 e. The van der Waals surface area contributed by atoms with Crippen molar-refractivity contribution in [1.29, 1.82) is 0 Å². The SMILES string of the molecule is CCNC(=NCc1ccon1)NC1CCN(S(=O)(=O)C(F)(F)F)CC1.I. The van der Waals surface area contributed by atoms with Crippen LogP contribution in [0.5, 0.6) is 0 Å². The molecule has 2 rings (SSSR count). The molecule has 13 heteroatoms. The molecule has 0 amide bonds. The molecule has 2 N–H and O–H groups in total. The maximum atomic E-state index is 12.6. The topological polar surface area (TPSA) is 99.8 Å². The van der Waals surface area contributed by atoms with Crippen LogP contribution in [0.4, 0.5) is 13.2 Å². The molecule has 0 aliphatic carbocycles. The molecule has 1 aliphatic heterocycles. The summed E-state index contributed by atoms with van der Waals surface area (Å²) in [5.41, 5.74) is -4.62. The normalized spacial score (nSPS) is 17.6. The molecule has 1 fully saturated rings. The van der Waals surface area contributed by atoms with E-state index in [0.29, 0.717) is 22.5 Å². The molecular weight excluding hydrogens is 490 g/mol. The van der Waals surface area contributed by atoms with E-state index in [4.69, 9.17) is 4.52 Å². The van der Waals surface area contributed by atoms with Gasteiger partial charge in [-0.3, -0.25) is 0 Å². The number of piperidine rings is 1. The maximum absolute atomic E-state index is 12.6. The quantitative estimate of drug-likeness (QED) is 0.355. The van der Waals surface area contributed by atoms with Crippen LogP contribution >= 0.6 is 24.0 Å². The summed E-state index contributed by atoms with van der Waals surface area (Å²) in [6.45, 7) is 2.38. The van der Waals surface area contributed by atoms with Crippen LogP contribution in [-0.2, 0) is 16.6 Å². The Morgan fingerprint density at radius 2 is 2.08 bits per heavy atom. The van der Waals surface area contributed by atoms with Crippen molar-refractivity contribution in [2.45, 2.75) is 37.9 Å². The molecule has 0 aromatic carbocycles. The Labute approximate surface area is 166 Å². The Hall–Kier alpha value is -1.09. The summed E-state index contributed by atoms with van der Waals surface area (Å²) in [5.74, 6) is 0.489. The third-order valence-electron chi connectivity index (χ3n) is 3.66. The van der Waals surface area contributed by atoms with Gasteiger partial charge < -0.3 is 15.2 Å². The number of guanidine groups is 1. The van der Waals surface area contributed by atoms with E-state index in [-0.39, 0.29) is 62.5 Å². The summed E-state index contributed by atoms with van der Waals surface area (Å²) in [7, 11) is -5.26. The molecule has 1 saturated heterocycles. The Kier molecular flexibility index (Phi) is 8.59. The van der Waals surface area contributed by atoms with Gasteiger partial charge in [-0.1, -0.05) is 5.16 Å². The predicted octanol–water partition coefficient (Wildman–Crippen LogP) is 1.66. The average molecular weight is 511 g/mol. The number of nitrogens with one attached hydrogen (secondary N) is 2. The highest BCUT2D eigenvalue weighted by Crippen LogP contribution is 2.28. The van der Waals surface area contributed by atoms with Crippen molar-refractivity contribution in [3.8, 4) is 0 Å². The second-order valence-electron chi connectivity index (χ2n) is 5.45. The van der Waals surface area contributed by atoms with Crippen LogP contribution in [0.3, 0.4) is 0 Å². The summed E-state index contributed by atoms with van der Waals surface area (Å²) in [5, 5.41) is 9.87. The Bertz CT molecular complexity index is 674. The van der Waals surface area contributed by atoms with Crippen LogP contribution in [0.1, 0.15) is 25.5 Å². The number of aliphatic imine (C=N–C) groups is 1. The van der Waals surface area contributed by atoms with Crippen LogP contribution in [0.25, 0.3) is 0 Å². The number of hydrogen-bond donors (Lipinski definition) is 2. The van der Waals surface area contributed by atoms with E-state index in [2.05, 4.69) is 20.8 Å². The summed E-state index contributed by atoms with van der Waals surface area (Å²) in [4.78, 5) is 4.32. The van der Waals surface area contributed by atoms with Gasteiger partial charge >= 0.3 is 15.5 Å². The van der Waals surface area contributed by atoms with Gasteiger partial charge in [-0.2, -0.15) is 17.5 Å². The van der Waals surface area contributed by atoms with Crippen LogP contribution in [0.2, 0.25) is 0 Å². The Morgan fingerprint density at radius 1 is 1.42 bits per heavy atom. The molecule has 0 bridgehead atoms. The molecule has 0 saturated carbocycles. The third kappa shape index (κ3) is 5.97. The van der Waals surface area contributed by atoms with Gasteiger partial charge in [0, 0.05) is 31.7 Å². The van der Waals surface area contributed by atoms with Gasteiger partial charge in [0.2, 0.25) is 0 Å². The van der Waals surface area contributed by atoms with Gasteiger partial charge in [-0.25, -0.2) is 13.4 Å². The molecule has 0 spiro atoms. The van der Waals surface area contributed by atoms with E-state index < -0.39 is 15.5 Å². The highest BCUT2D eigenvalue weighted by molar-refractivity contribution is 14.0. The second-order valence-corrected chi connectivity index (χ2v) is 7.38. The fraction of sp³-hybridized carbons (Fsp3) is 0.692. The van der Waals surface area contributed by atoms with Crippen LogP contribution < -0.4 is 10.6 Å². The standard InChI is InChI=1S/C13H20F3N5O3S.HI/c1-2-17-12(18-9-11-5-8-24-20-11)19-10-3-6-21(7-4-10)25(22,23)13(14,15)16;/h5,8,10H,2-4,6-7,9H2,1H3,(H2,17,18,19);1H. The smallest absolute Gasteiger partial charge is 0.364 e. The van der Waals surface area contributed by atoms with Crippen molar-refractivity contribution in [3.63, 3.8) is 0 Å². The minimum atomic E-state index is -5.26. The third-order valence-corrected chi connectivity index (χ3v) is 5.29. The first-order valence-corrected chi connectivity index (χ1v) is 9.18. The Balaban J connectivity index is 0.00000338. The lowest BCUT2D eigenvalue weighted by atomic mass is 10.1. The van der Waals surface area contributed by atoms with Gasteiger partial charge in [-0.05, 0) is 19.8 Å². The molecule has 0 radical (unpaired) electrons. The Morgan fingerprint density at radius 3 is 2.58 bits per heavy atom. The van der Waals surface area contributed by atoms with Crippen molar-refractivity contribution in [2.24, 2.45) is 4.99 Å². The highest BCUT2D eigenvalue weighted by Gasteiger charge is 2.50. The van der Waals surface area contributed by atoms with Crippen molar-refractivity contribution in [1.82, 2.24) is 20.1 Å². The monoisotopic (exact) mass is 511 g/mol. The van der Waals surface area contributed by atoms with Crippen molar-refractivity contribution in [2.75, 3.05) is 19.6 Å². The van der Waals surface area contributed by atoms with Crippen molar-refractivity contribution in [3.05, 3.63) is 18.0 Å². The zero-order valence-electron chi connectivity index (χ0n) is 14.0. The van der Waals surface area contributed by atoms with E-state index >= 15 is 0 Å². The summed E-state index contributed by atoms with van der Waals surface area (Å²) in [6, 6.07) is 1.50. The lowest BCUT2D eigenvalue weighted by molar-refractivity contribution is -0.0494. The van der Waals surface area contributed by atoms with Crippen LogP contribution in [0, 0.1) is 0 Å². The first-order valence-electron chi connectivity index (χ1n) is 7.74. The summed E-state index contributed by atoms with van der Waals surface area (Å²) < 4.78 is 65.7. The zero-order chi connectivity index (χ0) is 18.5. The van der Waals surface area contributed by atoms with Gasteiger partial charge in [0.1, 0.15) is 12.0 Å². The lowest BCUT2D eigenvalue weighted by Gasteiger charge is -2.32. The fourth-order valence-corrected chi connectivity index (χ4v) is 3.36. The van der Waals surface area contributed by atoms with Gasteiger partial charge in [0.15, 0.2) is 5.96 Å². The summed E-state index contributed by atoms with van der Waals surface area (Å²) >= 11 is 0.